The maximum atomic E-state index is 14.6. The van der Waals surface area contributed by atoms with Gasteiger partial charge in [-0.2, -0.15) is 0 Å². The first-order valence-electron chi connectivity index (χ1n) is 10.5. The molecule has 0 unspecified atom stereocenters. The summed E-state index contributed by atoms with van der Waals surface area (Å²) in [6.45, 7) is 11.5. The second-order valence-corrected chi connectivity index (χ2v) is 8.60. The molecule has 6 nitrogen and oxygen atoms in total. The highest BCUT2D eigenvalue weighted by Crippen LogP contribution is 2.30. The lowest BCUT2D eigenvalue weighted by Gasteiger charge is -2.16. The van der Waals surface area contributed by atoms with E-state index in [9.17, 15) is 13.6 Å². The molecule has 2 aromatic carbocycles. The molecule has 0 saturated carbocycles. The zero-order valence-electron chi connectivity index (χ0n) is 19.0. The number of carbonyl (C=O) groups is 1. The van der Waals surface area contributed by atoms with Gasteiger partial charge >= 0.3 is 6.03 Å². The number of amides is 2. The number of alkyl halides is 1. The van der Waals surface area contributed by atoms with Crippen molar-refractivity contribution in [2.45, 2.75) is 39.8 Å². The Labute approximate surface area is 188 Å². The van der Waals surface area contributed by atoms with Crippen molar-refractivity contribution in [2.24, 2.45) is 5.92 Å². The summed E-state index contributed by atoms with van der Waals surface area (Å²) in [6.07, 6.45) is 0.218. The van der Waals surface area contributed by atoms with Crippen molar-refractivity contribution in [3.63, 3.8) is 0 Å². The summed E-state index contributed by atoms with van der Waals surface area (Å²) < 4.78 is 33.6. The predicted molar refractivity (Wildman–Crippen MR) is 127 cm³/mol. The van der Waals surface area contributed by atoms with Crippen LogP contribution in [0.25, 0.3) is 5.70 Å². The Hall–Kier alpha value is -3.29. The first-order valence-corrected chi connectivity index (χ1v) is 10.5. The van der Waals surface area contributed by atoms with Gasteiger partial charge in [0.05, 0.1) is 12.2 Å². The van der Waals surface area contributed by atoms with Crippen LogP contribution in [0.2, 0.25) is 0 Å². The summed E-state index contributed by atoms with van der Waals surface area (Å²) in [6, 6.07) is 9.21. The number of rotatable bonds is 10. The summed E-state index contributed by atoms with van der Waals surface area (Å²) in [5.74, 6) is 0.142. The molecule has 8 heteroatoms. The highest BCUT2D eigenvalue weighted by atomic mass is 19.1. The van der Waals surface area contributed by atoms with Gasteiger partial charge in [-0.05, 0) is 50.5 Å². The molecule has 5 N–H and O–H groups in total. The van der Waals surface area contributed by atoms with E-state index in [0.717, 1.165) is 0 Å². The van der Waals surface area contributed by atoms with Crippen LogP contribution in [0.4, 0.5) is 30.6 Å². The fourth-order valence-corrected chi connectivity index (χ4v) is 2.79. The third-order valence-electron chi connectivity index (χ3n) is 4.42. The van der Waals surface area contributed by atoms with Crippen molar-refractivity contribution in [1.82, 2.24) is 5.32 Å². The second kappa shape index (κ2) is 10.8. The molecule has 0 aliphatic heterocycles. The van der Waals surface area contributed by atoms with Crippen molar-refractivity contribution in [3.05, 3.63) is 54.4 Å². The van der Waals surface area contributed by atoms with Crippen LogP contribution in [0.15, 0.2) is 43.0 Å². The van der Waals surface area contributed by atoms with Crippen LogP contribution in [-0.4, -0.2) is 24.9 Å². The van der Waals surface area contributed by atoms with Gasteiger partial charge in [0.25, 0.3) is 0 Å². The summed E-state index contributed by atoms with van der Waals surface area (Å²) >= 11 is 0. The molecule has 0 saturated heterocycles. The van der Waals surface area contributed by atoms with E-state index in [-0.39, 0.29) is 24.2 Å². The van der Waals surface area contributed by atoms with E-state index in [1.165, 1.54) is 19.9 Å². The smallest absolute Gasteiger partial charge is 0.319 e. The minimum Gasteiger partial charge on any atom is -0.493 e. The fraction of sp³-hybridized carbons (Fsp3) is 0.375. The Kier molecular flexibility index (Phi) is 8.46. The molecule has 174 valence electrons. The summed E-state index contributed by atoms with van der Waals surface area (Å²) in [5, 5.41) is 8.29. The van der Waals surface area contributed by atoms with Gasteiger partial charge < -0.3 is 26.4 Å². The molecule has 0 aliphatic rings. The standard InChI is InChI=1S/C24H32F2N4O2/c1-15(2)14-32-19-12-20(25)22(21(27)13-19)16(3)29-17-6-8-18(9-7-17)30-23(31)28-11-10-24(4,5)26/h6-9,12-13,15,29H,3,10-11,14,27H2,1-2,4-5H3,(H2,28,30,31). The van der Waals surface area contributed by atoms with Crippen LogP contribution < -0.4 is 26.4 Å². The van der Waals surface area contributed by atoms with Gasteiger partial charge in [0, 0.05) is 41.4 Å². The van der Waals surface area contributed by atoms with Gasteiger partial charge in [0.1, 0.15) is 17.2 Å². The minimum absolute atomic E-state index is 0.166. The highest BCUT2D eigenvalue weighted by Gasteiger charge is 2.16. The third kappa shape index (κ3) is 8.09. The van der Waals surface area contributed by atoms with Gasteiger partial charge in [0.15, 0.2) is 0 Å². The quantitative estimate of drug-likeness (QED) is 0.348. The van der Waals surface area contributed by atoms with Crippen molar-refractivity contribution in [1.29, 1.82) is 0 Å². The van der Waals surface area contributed by atoms with Crippen molar-refractivity contribution < 1.29 is 18.3 Å². The summed E-state index contributed by atoms with van der Waals surface area (Å²) in [7, 11) is 0. The molecular weight excluding hydrogens is 414 g/mol. The summed E-state index contributed by atoms with van der Waals surface area (Å²) in [5.41, 5.74) is 6.56. The zero-order valence-corrected chi connectivity index (χ0v) is 19.0. The highest BCUT2D eigenvalue weighted by molar-refractivity contribution is 5.89. The molecule has 0 heterocycles. The Morgan fingerprint density at radius 1 is 1.16 bits per heavy atom. The van der Waals surface area contributed by atoms with Gasteiger partial charge in [-0.15, -0.1) is 0 Å². The van der Waals surface area contributed by atoms with E-state index in [1.54, 1.807) is 30.3 Å². The maximum Gasteiger partial charge on any atom is 0.319 e. The van der Waals surface area contributed by atoms with Crippen LogP contribution in [0.5, 0.6) is 5.75 Å². The van der Waals surface area contributed by atoms with Crippen LogP contribution >= 0.6 is 0 Å². The number of anilines is 3. The maximum absolute atomic E-state index is 14.6. The van der Waals surface area contributed by atoms with E-state index in [0.29, 0.717) is 35.3 Å². The first-order chi connectivity index (χ1) is 14.9. The first kappa shape index (κ1) is 25.0. The number of carbonyl (C=O) groups excluding carboxylic acids is 1. The third-order valence-corrected chi connectivity index (χ3v) is 4.42. The normalized spacial score (nSPS) is 11.2. The van der Waals surface area contributed by atoms with E-state index in [4.69, 9.17) is 10.5 Å². The number of nitrogens with one attached hydrogen (secondary N) is 3. The van der Waals surface area contributed by atoms with Crippen LogP contribution in [-0.2, 0) is 0 Å². The molecule has 0 bridgehead atoms. The predicted octanol–water partition coefficient (Wildman–Crippen LogP) is 5.79. The molecule has 0 radical (unpaired) electrons. The van der Waals surface area contributed by atoms with Crippen LogP contribution in [0, 0.1) is 11.7 Å². The number of urea groups is 1. The molecule has 2 amide bonds. The molecule has 0 aliphatic carbocycles. The van der Waals surface area contributed by atoms with Gasteiger partial charge in [-0.1, -0.05) is 20.4 Å². The molecule has 0 aromatic heterocycles. The molecule has 0 atom stereocenters. The van der Waals surface area contributed by atoms with Crippen LogP contribution in [0.3, 0.4) is 0 Å². The molecular formula is C24H32F2N4O2. The fourth-order valence-electron chi connectivity index (χ4n) is 2.79. The Balaban J connectivity index is 1.96. The molecule has 2 aromatic rings. The Morgan fingerprint density at radius 3 is 2.28 bits per heavy atom. The van der Waals surface area contributed by atoms with Gasteiger partial charge in [0.2, 0.25) is 0 Å². The van der Waals surface area contributed by atoms with E-state index >= 15 is 0 Å². The lowest BCUT2D eigenvalue weighted by molar-refractivity contribution is 0.200. The number of hydrogen-bond donors (Lipinski definition) is 4. The number of nitrogen functional groups attached to an aromatic ring is 1. The monoisotopic (exact) mass is 446 g/mol. The molecule has 2 rings (SSSR count). The lowest BCUT2D eigenvalue weighted by Crippen LogP contribution is -2.32. The largest absolute Gasteiger partial charge is 0.493 e. The number of halogens is 2. The molecule has 32 heavy (non-hydrogen) atoms. The average molecular weight is 447 g/mol. The van der Waals surface area contributed by atoms with Gasteiger partial charge in [-0.25, -0.2) is 13.6 Å². The van der Waals surface area contributed by atoms with E-state index in [1.807, 2.05) is 13.8 Å². The number of nitrogens with two attached hydrogens (primary N) is 1. The summed E-state index contributed by atoms with van der Waals surface area (Å²) in [4.78, 5) is 11.9. The van der Waals surface area contributed by atoms with Crippen molar-refractivity contribution in [3.8, 4) is 5.75 Å². The Bertz CT molecular complexity index is 915. The zero-order chi connectivity index (χ0) is 23.9. The molecule has 0 fully saturated rings. The molecule has 0 spiro atoms. The lowest BCUT2D eigenvalue weighted by atomic mass is 10.1. The number of hydrogen-bond acceptors (Lipinski definition) is 4. The topological polar surface area (TPSA) is 88.4 Å². The van der Waals surface area contributed by atoms with E-state index < -0.39 is 17.5 Å². The van der Waals surface area contributed by atoms with Crippen molar-refractivity contribution in [2.75, 3.05) is 29.5 Å². The number of benzene rings is 2. The SMILES string of the molecule is C=C(Nc1ccc(NC(=O)NCCC(C)(C)F)cc1)c1c(N)cc(OCC(C)C)cc1F. The van der Waals surface area contributed by atoms with E-state index in [2.05, 4.69) is 22.5 Å². The average Bonchev–Trinajstić information content (AvgIpc) is 2.66. The second-order valence-electron chi connectivity index (χ2n) is 8.60. The van der Waals surface area contributed by atoms with Crippen LogP contribution in [0.1, 0.15) is 39.7 Å². The Morgan fingerprint density at radius 2 is 1.75 bits per heavy atom. The minimum atomic E-state index is -1.34. The van der Waals surface area contributed by atoms with Gasteiger partial charge in [-0.3, -0.25) is 0 Å². The number of ether oxygens (including phenoxy) is 1. The van der Waals surface area contributed by atoms with Crippen molar-refractivity contribution >= 4 is 28.8 Å².